The largest absolute Gasteiger partial charge is 0.396 e. The average molecular weight is 163 g/mol. The molecule has 12 heavy (non-hydrogen) atoms. The van der Waals surface area contributed by atoms with E-state index in [0.29, 0.717) is 6.42 Å². The second-order valence-electron chi connectivity index (χ2n) is 2.55. The Morgan fingerprint density at radius 1 is 1.50 bits per heavy atom. The molecule has 2 heterocycles. The van der Waals surface area contributed by atoms with Crippen molar-refractivity contribution in [3.05, 3.63) is 30.5 Å². The maximum atomic E-state index is 8.68. The summed E-state index contributed by atoms with van der Waals surface area (Å²) in [7, 11) is 0. The fraction of sp³-hybridized carbons (Fsp3) is 0.250. The maximum Gasteiger partial charge on any atom is 0.139 e. The Hall–Kier alpha value is -1.42. The van der Waals surface area contributed by atoms with E-state index >= 15 is 0 Å². The zero-order valence-corrected chi connectivity index (χ0v) is 6.51. The molecular formula is C8H9N3O. The highest BCUT2D eigenvalue weighted by atomic mass is 16.3. The third-order valence-electron chi connectivity index (χ3n) is 1.68. The first kappa shape index (κ1) is 7.24. The molecule has 0 aliphatic rings. The van der Waals surface area contributed by atoms with Gasteiger partial charge in [0.1, 0.15) is 12.0 Å². The quantitative estimate of drug-likeness (QED) is 0.691. The highest BCUT2D eigenvalue weighted by Gasteiger charge is 1.98. The number of nitrogens with zero attached hydrogens (tertiary/aromatic N) is 3. The van der Waals surface area contributed by atoms with Gasteiger partial charge >= 0.3 is 0 Å². The molecule has 0 amide bonds. The smallest absolute Gasteiger partial charge is 0.139 e. The molecule has 0 aromatic carbocycles. The molecule has 0 aliphatic heterocycles. The lowest BCUT2D eigenvalue weighted by Gasteiger charge is -1.86. The van der Waals surface area contributed by atoms with Crippen molar-refractivity contribution in [1.29, 1.82) is 0 Å². The van der Waals surface area contributed by atoms with Crippen molar-refractivity contribution in [3.8, 4) is 0 Å². The van der Waals surface area contributed by atoms with Crippen LogP contribution in [0.15, 0.2) is 24.8 Å². The number of hydrogen-bond donors (Lipinski definition) is 1. The summed E-state index contributed by atoms with van der Waals surface area (Å²) < 4.78 is 1.84. The standard InChI is InChI=1S/C8H9N3O/c12-4-2-7-5-11-6-9-3-1-8(11)10-7/h1,3,5-6,12H,2,4H2. The monoisotopic (exact) mass is 163 g/mol. The van der Waals surface area contributed by atoms with Gasteiger partial charge in [-0.25, -0.2) is 9.97 Å². The van der Waals surface area contributed by atoms with E-state index in [1.54, 1.807) is 12.5 Å². The Labute approximate surface area is 69.5 Å². The van der Waals surface area contributed by atoms with E-state index in [4.69, 9.17) is 5.11 Å². The van der Waals surface area contributed by atoms with E-state index in [1.165, 1.54) is 0 Å². The van der Waals surface area contributed by atoms with Crippen LogP contribution in [0.3, 0.4) is 0 Å². The second-order valence-corrected chi connectivity index (χ2v) is 2.55. The molecule has 0 saturated heterocycles. The van der Waals surface area contributed by atoms with Crippen LogP contribution in [-0.4, -0.2) is 26.1 Å². The zero-order valence-electron chi connectivity index (χ0n) is 6.51. The van der Waals surface area contributed by atoms with E-state index < -0.39 is 0 Å². The fourth-order valence-corrected chi connectivity index (χ4v) is 1.13. The highest BCUT2D eigenvalue weighted by Crippen LogP contribution is 2.02. The Kier molecular flexibility index (Phi) is 1.75. The number of aliphatic hydroxyl groups is 1. The van der Waals surface area contributed by atoms with Crippen LogP contribution in [-0.2, 0) is 6.42 Å². The van der Waals surface area contributed by atoms with Crippen LogP contribution in [0.25, 0.3) is 5.65 Å². The summed E-state index contributed by atoms with van der Waals surface area (Å²) in [6.45, 7) is 0.136. The van der Waals surface area contributed by atoms with Crippen LogP contribution in [0.2, 0.25) is 0 Å². The average Bonchev–Trinajstić information content (AvgIpc) is 2.47. The van der Waals surface area contributed by atoms with Gasteiger partial charge in [0.2, 0.25) is 0 Å². The van der Waals surface area contributed by atoms with Gasteiger partial charge in [-0.05, 0) is 6.07 Å². The summed E-state index contributed by atoms with van der Waals surface area (Å²) in [5.41, 5.74) is 1.76. The Morgan fingerprint density at radius 3 is 3.17 bits per heavy atom. The van der Waals surface area contributed by atoms with Gasteiger partial charge in [-0.2, -0.15) is 0 Å². The molecule has 62 valence electrons. The van der Waals surface area contributed by atoms with Crippen molar-refractivity contribution >= 4 is 5.65 Å². The molecule has 0 fully saturated rings. The zero-order chi connectivity index (χ0) is 8.39. The minimum Gasteiger partial charge on any atom is -0.396 e. The number of aliphatic hydroxyl groups excluding tert-OH is 1. The van der Waals surface area contributed by atoms with Gasteiger partial charge in [0.05, 0.1) is 5.69 Å². The van der Waals surface area contributed by atoms with Crippen LogP contribution in [0.4, 0.5) is 0 Å². The van der Waals surface area contributed by atoms with Gasteiger partial charge in [-0.1, -0.05) is 0 Å². The van der Waals surface area contributed by atoms with Crippen LogP contribution in [0.5, 0.6) is 0 Å². The van der Waals surface area contributed by atoms with Crippen molar-refractivity contribution < 1.29 is 5.11 Å². The first-order chi connectivity index (χ1) is 5.90. The Bertz CT molecular complexity index is 349. The summed E-state index contributed by atoms with van der Waals surface area (Å²) in [4.78, 5) is 8.21. The molecule has 0 spiro atoms. The molecule has 2 aromatic rings. The summed E-state index contributed by atoms with van der Waals surface area (Å²) in [6, 6.07) is 1.83. The molecule has 0 saturated carbocycles. The lowest BCUT2D eigenvalue weighted by atomic mass is 10.4. The minimum atomic E-state index is 0.136. The van der Waals surface area contributed by atoms with Crippen LogP contribution >= 0.6 is 0 Å². The fourth-order valence-electron chi connectivity index (χ4n) is 1.13. The highest BCUT2D eigenvalue weighted by molar-refractivity contribution is 5.37. The van der Waals surface area contributed by atoms with Crippen molar-refractivity contribution in [2.45, 2.75) is 6.42 Å². The van der Waals surface area contributed by atoms with E-state index in [9.17, 15) is 0 Å². The molecule has 4 nitrogen and oxygen atoms in total. The molecule has 2 aromatic heterocycles. The van der Waals surface area contributed by atoms with Gasteiger partial charge in [0.15, 0.2) is 0 Å². The molecule has 1 N–H and O–H groups in total. The molecule has 0 bridgehead atoms. The van der Waals surface area contributed by atoms with Crippen molar-refractivity contribution in [3.63, 3.8) is 0 Å². The first-order valence-electron chi connectivity index (χ1n) is 3.78. The van der Waals surface area contributed by atoms with Crippen molar-refractivity contribution in [2.24, 2.45) is 0 Å². The predicted molar refractivity (Wildman–Crippen MR) is 43.8 cm³/mol. The SMILES string of the molecule is OCCc1cn2cnccc2n1. The number of aromatic nitrogens is 3. The third-order valence-corrected chi connectivity index (χ3v) is 1.68. The Morgan fingerprint density at radius 2 is 2.42 bits per heavy atom. The van der Waals surface area contributed by atoms with E-state index in [2.05, 4.69) is 9.97 Å². The summed E-state index contributed by atoms with van der Waals surface area (Å²) >= 11 is 0. The van der Waals surface area contributed by atoms with Gasteiger partial charge in [-0.3, -0.25) is 4.40 Å². The van der Waals surface area contributed by atoms with Gasteiger partial charge in [-0.15, -0.1) is 0 Å². The van der Waals surface area contributed by atoms with Crippen LogP contribution < -0.4 is 0 Å². The van der Waals surface area contributed by atoms with Crippen molar-refractivity contribution in [1.82, 2.24) is 14.4 Å². The number of fused-ring (bicyclic) bond motifs is 1. The van der Waals surface area contributed by atoms with Crippen LogP contribution in [0, 0.1) is 0 Å². The Balaban J connectivity index is 2.47. The topological polar surface area (TPSA) is 50.4 Å². The lowest BCUT2D eigenvalue weighted by molar-refractivity contribution is 0.298. The second kappa shape index (κ2) is 2.91. The first-order valence-corrected chi connectivity index (χ1v) is 3.78. The van der Waals surface area contributed by atoms with E-state index in [1.807, 2.05) is 16.7 Å². The molecule has 0 atom stereocenters. The maximum absolute atomic E-state index is 8.68. The minimum absolute atomic E-state index is 0.136. The van der Waals surface area contributed by atoms with Gasteiger partial charge in [0, 0.05) is 25.4 Å². The van der Waals surface area contributed by atoms with Gasteiger partial charge in [0.25, 0.3) is 0 Å². The summed E-state index contributed by atoms with van der Waals surface area (Å²) in [5.74, 6) is 0. The number of rotatable bonds is 2. The molecule has 0 unspecified atom stereocenters. The van der Waals surface area contributed by atoms with E-state index in [0.717, 1.165) is 11.3 Å². The molecule has 0 aliphatic carbocycles. The van der Waals surface area contributed by atoms with Gasteiger partial charge < -0.3 is 5.11 Å². The summed E-state index contributed by atoms with van der Waals surface area (Å²) in [6.07, 6.45) is 5.87. The number of hydrogen-bond acceptors (Lipinski definition) is 3. The molecule has 2 rings (SSSR count). The molecule has 4 heteroatoms. The van der Waals surface area contributed by atoms with Crippen molar-refractivity contribution in [2.75, 3.05) is 6.61 Å². The predicted octanol–water partition coefficient (Wildman–Crippen LogP) is 0.264. The van der Waals surface area contributed by atoms with E-state index in [-0.39, 0.29) is 6.61 Å². The molecular weight excluding hydrogens is 154 g/mol. The molecule has 0 radical (unpaired) electrons. The third kappa shape index (κ3) is 1.16. The van der Waals surface area contributed by atoms with Crippen LogP contribution in [0.1, 0.15) is 5.69 Å². The number of imidazole rings is 1. The normalized spacial score (nSPS) is 10.8. The summed E-state index contributed by atoms with van der Waals surface area (Å²) in [5, 5.41) is 8.68. The lowest BCUT2D eigenvalue weighted by Crippen LogP contribution is -1.89.